The molecule has 0 atom stereocenters. The number of hydrogen-bond donors (Lipinski definition) is 1. The number of carboxylic acid groups (broad SMARTS) is 2. The maximum absolute atomic E-state index is 10.7. The summed E-state index contributed by atoms with van der Waals surface area (Å²) in [6.45, 7) is 0. The zero-order valence-corrected chi connectivity index (χ0v) is 9.87. The number of benzene rings is 2. The zero-order valence-electron chi connectivity index (χ0n) is 9.87. The van der Waals surface area contributed by atoms with Crippen LogP contribution in [0.4, 0.5) is 0 Å². The Kier molecular flexibility index (Phi) is 3.52. The van der Waals surface area contributed by atoms with Gasteiger partial charge >= 0.3 is 5.97 Å². The summed E-state index contributed by atoms with van der Waals surface area (Å²) >= 11 is 0. The summed E-state index contributed by atoms with van der Waals surface area (Å²) in [7, 11) is 0. The van der Waals surface area contributed by atoms with Gasteiger partial charge in [0.05, 0.1) is 11.6 Å². The maximum atomic E-state index is 10.7. The summed E-state index contributed by atoms with van der Waals surface area (Å²) in [5.74, 6) is -3.99. The Bertz CT molecular complexity index is 639. The highest BCUT2D eigenvalue weighted by molar-refractivity contribution is 6.11. The van der Waals surface area contributed by atoms with Crippen molar-refractivity contribution >= 4 is 28.8 Å². The van der Waals surface area contributed by atoms with Crippen LogP contribution in [0.25, 0.3) is 16.8 Å². The molecule has 0 fully saturated rings. The summed E-state index contributed by atoms with van der Waals surface area (Å²) in [6.07, 6.45) is 2.50. The molecule has 0 aliphatic heterocycles. The van der Waals surface area contributed by atoms with Crippen molar-refractivity contribution in [3.05, 3.63) is 60.0 Å². The van der Waals surface area contributed by atoms with Crippen LogP contribution in [0.3, 0.4) is 0 Å². The summed E-state index contributed by atoms with van der Waals surface area (Å²) in [5.41, 5.74) is 0.748. The van der Waals surface area contributed by atoms with Crippen LogP contribution in [-0.2, 0) is 9.59 Å². The zero-order chi connectivity index (χ0) is 13.8. The molecule has 0 aliphatic rings. The summed E-state index contributed by atoms with van der Waals surface area (Å²) in [5, 5.41) is 21.3. The highest BCUT2D eigenvalue weighted by atomic mass is 16.4. The monoisotopic (exact) mass is 254 g/mol. The fraction of sp³-hybridized carbons (Fsp3) is 0. The average molecular weight is 254 g/mol. The second-order valence-electron chi connectivity index (χ2n) is 3.91. The molecule has 0 amide bonds. The molecule has 4 nitrogen and oxygen atoms in total. The van der Waals surface area contributed by atoms with Crippen LogP contribution >= 0.6 is 0 Å². The van der Waals surface area contributed by atoms with Crippen LogP contribution in [0.1, 0.15) is 5.56 Å². The van der Waals surface area contributed by atoms with Gasteiger partial charge in [0.25, 0.3) is 0 Å². The van der Waals surface area contributed by atoms with Gasteiger partial charge in [-0.15, -0.1) is 0 Å². The molecule has 0 aromatic heterocycles. The van der Waals surface area contributed by atoms with Crippen LogP contribution in [0.2, 0.25) is 0 Å². The third kappa shape index (κ3) is 2.74. The van der Waals surface area contributed by atoms with E-state index in [2.05, 4.69) is 0 Å². The molecule has 1 N–H and O–H groups in total. The van der Waals surface area contributed by atoms with Gasteiger partial charge < -0.3 is 15.0 Å². The number of aliphatic carboxylic acids is 2. The van der Waals surface area contributed by atoms with Gasteiger partial charge in [0.2, 0.25) is 5.92 Å². The van der Waals surface area contributed by atoms with Crippen molar-refractivity contribution < 1.29 is 19.8 Å². The Labute approximate surface area is 109 Å². The summed E-state index contributed by atoms with van der Waals surface area (Å²) in [4.78, 5) is 21.4. The Morgan fingerprint density at radius 1 is 1.11 bits per heavy atom. The SMILES string of the molecule is O=C([O-])[C+](C=Cc1cccc2ccccc12)C(=O)O. The number of carbonyl (C=O) groups excluding carboxylic acids is 1. The predicted molar refractivity (Wildman–Crippen MR) is 68.9 cm³/mol. The Balaban J connectivity index is 2.40. The van der Waals surface area contributed by atoms with Crippen LogP contribution in [0, 0.1) is 5.92 Å². The van der Waals surface area contributed by atoms with E-state index < -0.39 is 17.9 Å². The van der Waals surface area contributed by atoms with Gasteiger partial charge in [0.1, 0.15) is 6.08 Å². The molecular weight excluding hydrogens is 244 g/mol. The Hall–Kier alpha value is -2.75. The second kappa shape index (κ2) is 5.27. The van der Waals surface area contributed by atoms with Crippen LogP contribution in [0.5, 0.6) is 0 Å². The topological polar surface area (TPSA) is 77.4 Å². The highest BCUT2D eigenvalue weighted by Gasteiger charge is 2.25. The smallest absolute Gasteiger partial charge is 0.423 e. The van der Waals surface area contributed by atoms with E-state index in [9.17, 15) is 14.7 Å². The Morgan fingerprint density at radius 2 is 1.79 bits per heavy atom. The number of rotatable bonds is 4. The van der Waals surface area contributed by atoms with Gasteiger partial charge in [-0.05, 0) is 11.5 Å². The van der Waals surface area contributed by atoms with E-state index in [1.54, 1.807) is 6.07 Å². The molecule has 4 heteroatoms. The first-order valence-electron chi connectivity index (χ1n) is 5.57. The van der Waals surface area contributed by atoms with E-state index in [0.29, 0.717) is 0 Å². The molecular formula is C15H10O4. The summed E-state index contributed by atoms with van der Waals surface area (Å²) in [6, 6.07) is 13.1. The lowest BCUT2D eigenvalue weighted by atomic mass is 10.0. The molecule has 0 spiro atoms. The van der Waals surface area contributed by atoms with Crippen molar-refractivity contribution in [3.8, 4) is 0 Å². The molecule has 0 saturated heterocycles. The minimum absolute atomic E-state index is 0.748. The number of carbonyl (C=O) groups is 2. The van der Waals surface area contributed by atoms with Crippen molar-refractivity contribution in [2.45, 2.75) is 0 Å². The van der Waals surface area contributed by atoms with Gasteiger partial charge in [-0.1, -0.05) is 36.4 Å². The standard InChI is InChI=1S/C15H10O4/c16-14(17)13(15(18)19)9-8-11-6-3-5-10-4-1-2-7-12(10)11/h1-9H,(H-,16,17,18,19). The van der Waals surface area contributed by atoms with Gasteiger partial charge in [0, 0.05) is 5.39 Å². The predicted octanol–water partition coefficient (Wildman–Crippen LogP) is 1.26. The van der Waals surface area contributed by atoms with Crippen LogP contribution < -0.4 is 5.11 Å². The number of fused-ring (bicyclic) bond motifs is 1. The van der Waals surface area contributed by atoms with Gasteiger partial charge in [-0.2, -0.15) is 0 Å². The first-order chi connectivity index (χ1) is 9.09. The largest absolute Gasteiger partial charge is 0.526 e. The lowest BCUT2D eigenvalue weighted by Gasteiger charge is -2.00. The minimum Gasteiger partial charge on any atom is -0.526 e. The number of hydrogen-bond acceptors (Lipinski definition) is 3. The molecule has 94 valence electrons. The normalized spacial score (nSPS) is 10.7. The molecule has 0 radical (unpaired) electrons. The molecule has 0 bridgehead atoms. The van der Waals surface area contributed by atoms with E-state index in [4.69, 9.17) is 5.11 Å². The lowest BCUT2D eigenvalue weighted by molar-refractivity contribution is -0.301. The van der Waals surface area contributed by atoms with Crippen molar-refractivity contribution in [1.82, 2.24) is 0 Å². The van der Waals surface area contributed by atoms with Crippen LogP contribution in [0.15, 0.2) is 48.5 Å². The quantitative estimate of drug-likeness (QED) is 0.658. The second-order valence-corrected chi connectivity index (χ2v) is 3.91. The first kappa shape index (κ1) is 12.7. The van der Waals surface area contributed by atoms with Gasteiger partial charge in [-0.3, -0.25) is 0 Å². The van der Waals surface area contributed by atoms with Crippen molar-refractivity contribution in [2.24, 2.45) is 0 Å². The first-order valence-corrected chi connectivity index (χ1v) is 5.57. The van der Waals surface area contributed by atoms with E-state index in [0.717, 1.165) is 22.4 Å². The van der Waals surface area contributed by atoms with E-state index in [1.165, 1.54) is 6.08 Å². The van der Waals surface area contributed by atoms with Gasteiger partial charge in [-0.25, -0.2) is 4.79 Å². The van der Waals surface area contributed by atoms with E-state index in [-0.39, 0.29) is 0 Å². The van der Waals surface area contributed by atoms with Crippen molar-refractivity contribution in [1.29, 1.82) is 0 Å². The van der Waals surface area contributed by atoms with Gasteiger partial charge in [0.15, 0.2) is 5.97 Å². The van der Waals surface area contributed by atoms with Crippen molar-refractivity contribution in [2.75, 3.05) is 0 Å². The highest BCUT2D eigenvalue weighted by Crippen LogP contribution is 2.20. The molecule has 0 heterocycles. The summed E-state index contributed by atoms with van der Waals surface area (Å²) < 4.78 is 0. The third-order valence-electron chi connectivity index (χ3n) is 2.70. The molecule has 2 aromatic rings. The molecule has 2 rings (SSSR count). The molecule has 0 saturated carbocycles. The molecule has 19 heavy (non-hydrogen) atoms. The van der Waals surface area contributed by atoms with Crippen LogP contribution in [-0.4, -0.2) is 17.0 Å². The average Bonchev–Trinajstić information content (AvgIpc) is 2.38. The lowest BCUT2D eigenvalue weighted by Crippen LogP contribution is -2.33. The molecule has 0 aliphatic carbocycles. The minimum atomic E-state index is -1.70. The van der Waals surface area contributed by atoms with E-state index >= 15 is 0 Å². The fourth-order valence-electron chi connectivity index (χ4n) is 1.80. The van der Waals surface area contributed by atoms with E-state index in [1.807, 2.05) is 36.4 Å². The third-order valence-corrected chi connectivity index (χ3v) is 2.70. The fourth-order valence-corrected chi connectivity index (χ4v) is 1.80. The number of carboxylic acids is 2. The molecule has 2 aromatic carbocycles. The maximum Gasteiger partial charge on any atom is 0.423 e. The Morgan fingerprint density at radius 3 is 2.47 bits per heavy atom. The van der Waals surface area contributed by atoms with Crippen molar-refractivity contribution in [3.63, 3.8) is 0 Å². The molecule has 0 unspecified atom stereocenters.